The Morgan fingerprint density at radius 2 is 0.711 bits per heavy atom. The Bertz CT molecular complexity index is 1770. The summed E-state index contributed by atoms with van der Waals surface area (Å²) in [5, 5.41) is 3.06. The Morgan fingerprint density at radius 1 is 0.400 bits per heavy atom. The first-order valence-electron chi connectivity index (χ1n) is 38.7. The molecule has 1 amide bonds. The molecule has 0 rings (SSSR count). The van der Waals surface area contributed by atoms with Crippen molar-refractivity contribution in [2.75, 3.05) is 40.9 Å². The number of nitrogens with one attached hydrogen (secondary N) is 1. The van der Waals surface area contributed by atoms with Gasteiger partial charge in [-0.05, 0) is 76.7 Å². The number of unbranched alkanes of at least 4 members (excludes halogenated alkanes) is 45. The molecular weight excluding hydrogens is 1130 g/mol. The van der Waals surface area contributed by atoms with Crippen molar-refractivity contribution < 1.29 is 37.3 Å². The minimum Gasteiger partial charge on any atom is -0.756 e. The molecule has 0 saturated carbocycles. The molecule has 0 aliphatic rings. The second kappa shape index (κ2) is 69.3. The van der Waals surface area contributed by atoms with Crippen molar-refractivity contribution in [2.24, 2.45) is 0 Å². The molecule has 1 N–H and O–H groups in total. The number of amides is 1. The van der Waals surface area contributed by atoms with E-state index in [1.165, 1.54) is 250 Å². The number of esters is 1. The summed E-state index contributed by atoms with van der Waals surface area (Å²) in [6, 6.07) is -0.891. The second-order valence-electron chi connectivity index (χ2n) is 27.5. The summed E-state index contributed by atoms with van der Waals surface area (Å²) < 4.78 is 30.5. The van der Waals surface area contributed by atoms with Crippen LogP contribution in [0.1, 0.15) is 374 Å². The maximum atomic E-state index is 13.6. The lowest BCUT2D eigenvalue weighted by Crippen LogP contribution is -2.47. The normalized spacial score (nSPS) is 13.8. The third-order valence-corrected chi connectivity index (χ3v) is 18.4. The highest BCUT2D eigenvalue weighted by Crippen LogP contribution is 2.38. The van der Waals surface area contributed by atoms with Gasteiger partial charge in [0.15, 0.2) is 0 Å². The summed E-state index contributed by atoms with van der Waals surface area (Å²) in [5.41, 5.74) is 0. The number of carbonyl (C=O) groups excluding carboxylic acids is 2. The molecule has 3 atom stereocenters. The quantitative estimate of drug-likeness (QED) is 0.0212. The summed E-state index contributed by atoms with van der Waals surface area (Å²) in [4.78, 5) is 40.3. The standard InChI is InChI=1S/C80H149N2O7P/c1-7-10-13-16-19-22-25-28-30-32-34-36-38-40-41-43-45-47-49-51-53-55-58-61-64-67-70-73-80(84)89-78(71-68-65-62-59-56-27-24-21-18-15-12-9-3)77(76-88-90(85,86)87-75-74-82(4,5)6)81-79(83)72-69-66-63-60-57-54-52-50-48-46-44-42-39-37-35-33-31-29-26-23-20-17-14-11-8-2/h10,13,19,22,28,30,34,36,40-41,68,71,77-78H,7-9,11-12,14-18,20-21,23-27,29,31-33,35,37-39,42-67,69-70,72-76H2,1-6H3,(H-,81,83,85,86)/b13-10-,22-19-,30-28-,36-34-,41-40-,71-68+. The van der Waals surface area contributed by atoms with Gasteiger partial charge in [-0.15, -0.1) is 0 Å². The largest absolute Gasteiger partial charge is 0.756 e. The van der Waals surface area contributed by atoms with E-state index in [-0.39, 0.29) is 31.5 Å². The highest BCUT2D eigenvalue weighted by Gasteiger charge is 2.27. The van der Waals surface area contributed by atoms with Gasteiger partial charge in [0, 0.05) is 12.8 Å². The number of nitrogens with zero attached hydrogens (tertiary/aromatic N) is 1. The maximum absolute atomic E-state index is 13.6. The van der Waals surface area contributed by atoms with Gasteiger partial charge >= 0.3 is 5.97 Å². The molecule has 3 unspecified atom stereocenters. The first kappa shape index (κ1) is 87.5. The lowest BCUT2D eigenvalue weighted by molar-refractivity contribution is -0.870. The molecule has 0 spiro atoms. The topological polar surface area (TPSA) is 114 Å². The summed E-state index contributed by atoms with van der Waals surface area (Å²) in [6.07, 6.45) is 91.9. The first-order valence-corrected chi connectivity index (χ1v) is 40.2. The molecule has 0 aromatic heterocycles. The van der Waals surface area contributed by atoms with Crippen molar-refractivity contribution in [3.63, 3.8) is 0 Å². The minimum absolute atomic E-state index is 0.0223. The van der Waals surface area contributed by atoms with Crippen LogP contribution < -0.4 is 10.2 Å². The van der Waals surface area contributed by atoms with Gasteiger partial charge in [-0.25, -0.2) is 0 Å². The molecule has 0 aromatic carbocycles. The fourth-order valence-electron chi connectivity index (χ4n) is 11.5. The van der Waals surface area contributed by atoms with Crippen LogP contribution >= 0.6 is 7.82 Å². The Morgan fingerprint density at radius 3 is 1.07 bits per heavy atom. The molecular formula is C80H149N2O7P. The van der Waals surface area contributed by atoms with Crippen LogP contribution in [0.4, 0.5) is 0 Å². The predicted octanol–water partition coefficient (Wildman–Crippen LogP) is 24.4. The van der Waals surface area contributed by atoms with Crippen molar-refractivity contribution >= 4 is 19.7 Å². The number of quaternary nitrogens is 1. The van der Waals surface area contributed by atoms with Gasteiger partial charge < -0.3 is 28.5 Å². The number of ether oxygens (including phenoxy) is 1. The van der Waals surface area contributed by atoms with Crippen LogP contribution in [0.2, 0.25) is 0 Å². The van der Waals surface area contributed by atoms with Gasteiger partial charge in [0.25, 0.3) is 7.82 Å². The minimum atomic E-state index is -4.71. The Labute approximate surface area is 559 Å². The molecule has 0 saturated heterocycles. The monoisotopic (exact) mass is 1280 g/mol. The number of phosphoric ester groups is 1. The van der Waals surface area contributed by atoms with Crippen molar-refractivity contribution in [2.45, 2.75) is 386 Å². The van der Waals surface area contributed by atoms with Gasteiger partial charge in [0.1, 0.15) is 19.3 Å². The van der Waals surface area contributed by atoms with E-state index in [4.69, 9.17) is 13.8 Å². The van der Waals surface area contributed by atoms with Crippen molar-refractivity contribution in [1.82, 2.24) is 5.32 Å². The molecule has 90 heavy (non-hydrogen) atoms. The van der Waals surface area contributed by atoms with E-state index in [0.717, 1.165) is 89.9 Å². The Balaban J connectivity index is 4.95. The van der Waals surface area contributed by atoms with E-state index < -0.39 is 20.0 Å². The van der Waals surface area contributed by atoms with E-state index in [1.807, 2.05) is 33.3 Å². The van der Waals surface area contributed by atoms with Gasteiger partial charge in [0.2, 0.25) is 5.91 Å². The number of rotatable bonds is 71. The zero-order valence-electron chi connectivity index (χ0n) is 60.3. The fourth-order valence-corrected chi connectivity index (χ4v) is 12.2. The van der Waals surface area contributed by atoms with Crippen molar-refractivity contribution in [1.29, 1.82) is 0 Å². The molecule has 0 aromatic rings. The fraction of sp³-hybridized carbons (Fsp3) is 0.825. The van der Waals surface area contributed by atoms with Gasteiger partial charge in [0.05, 0.1) is 33.8 Å². The molecule has 0 fully saturated rings. The summed E-state index contributed by atoms with van der Waals surface area (Å²) in [5.74, 6) is -0.528. The lowest BCUT2D eigenvalue weighted by Gasteiger charge is -2.30. The lowest BCUT2D eigenvalue weighted by atomic mass is 10.0. The zero-order chi connectivity index (χ0) is 65.6. The SMILES string of the molecule is CC/C=C\C/C=C\C/C=C\C/C=C\C/C=C\CCCCCCCCCCCCCC(=O)OC(/C=C/CCCCCCCCCCCC)C(COP(=O)([O-])OCC[N+](C)(C)C)NC(=O)CCCCCCCCCCCCCCCCCCCCCCCCCCC. The van der Waals surface area contributed by atoms with Gasteiger partial charge in [-0.1, -0.05) is 357 Å². The summed E-state index contributed by atoms with van der Waals surface area (Å²) in [7, 11) is 1.20. The predicted molar refractivity (Wildman–Crippen MR) is 390 cm³/mol. The highest BCUT2D eigenvalue weighted by atomic mass is 31.2. The average molecular weight is 1280 g/mol. The number of likely N-dealkylation sites (N-methyl/N-ethyl adjacent to an activating group) is 1. The molecule has 0 aliphatic heterocycles. The van der Waals surface area contributed by atoms with Crippen molar-refractivity contribution in [3.8, 4) is 0 Å². The number of carbonyl (C=O) groups is 2. The van der Waals surface area contributed by atoms with Crippen LogP contribution in [-0.2, 0) is 27.9 Å². The number of allylic oxidation sites excluding steroid dienone is 11. The van der Waals surface area contributed by atoms with Gasteiger partial charge in [-0.2, -0.15) is 0 Å². The molecule has 9 nitrogen and oxygen atoms in total. The van der Waals surface area contributed by atoms with Crippen LogP contribution in [0.5, 0.6) is 0 Å². The zero-order valence-corrected chi connectivity index (χ0v) is 61.2. The van der Waals surface area contributed by atoms with E-state index in [0.29, 0.717) is 17.4 Å². The molecule has 0 radical (unpaired) electrons. The molecule has 0 heterocycles. The number of phosphoric acid groups is 1. The number of hydrogen-bond acceptors (Lipinski definition) is 7. The summed E-state index contributed by atoms with van der Waals surface area (Å²) >= 11 is 0. The average Bonchev–Trinajstić information content (AvgIpc) is 3.12. The van der Waals surface area contributed by atoms with Gasteiger partial charge in [-0.3, -0.25) is 14.2 Å². The molecule has 0 aliphatic carbocycles. The van der Waals surface area contributed by atoms with Crippen LogP contribution in [0.25, 0.3) is 0 Å². The number of hydrogen-bond donors (Lipinski definition) is 1. The van der Waals surface area contributed by atoms with Crippen LogP contribution in [-0.4, -0.2) is 69.4 Å². The van der Waals surface area contributed by atoms with Crippen LogP contribution in [0, 0.1) is 0 Å². The maximum Gasteiger partial charge on any atom is 0.306 e. The highest BCUT2D eigenvalue weighted by molar-refractivity contribution is 7.45. The van der Waals surface area contributed by atoms with Crippen LogP contribution in [0.15, 0.2) is 72.9 Å². The molecule has 10 heteroatoms. The third kappa shape index (κ3) is 69.8. The van der Waals surface area contributed by atoms with E-state index in [1.54, 1.807) is 0 Å². The third-order valence-electron chi connectivity index (χ3n) is 17.4. The smallest absolute Gasteiger partial charge is 0.306 e. The second-order valence-corrected chi connectivity index (χ2v) is 28.9. The molecule has 526 valence electrons. The summed E-state index contributed by atoms with van der Waals surface area (Å²) in [6.45, 7) is 6.79. The van der Waals surface area contributed by atoms with Crippen LogP contribution in [0.3, 0.4) is 0 Å². The van der Waals surface area contributed by atoms with E-state index in [9.17, 15) is 19.0 Å². The van der Waals surface area contributed by atoms with E-state index >= 15 is 0 Å². The molecule has 0 bridgehead atoms. The van der Waals surface area contributed by atoms with Crippen molar-refractivity contribution in [3.05, 3.63) is 72.9 Å². The first-order chi connectivity index (χ1) is 43.9. The Kier molecular flexibility index (Phi) is 67.3. The Hall–Kier alpha value is -2.55. The van der Waals surface area contributed by atoms with E-state index in [2.05, 4.69) is 86.8 Å².